The van der Waals surface area contributed by atoms with Crippen LogP contribution in [0.5, 0.6) is 0 Å². The van der Waals surface area contributed by atoms with Crippen molar-refractivity contribution in [3.63, 3.8) is 0 Å². The van der Waals surface area contributed by atoms with Crippen molar-refractivity contribution in [2.75, 3.05) is 0 Å². The summed E-state index contributed by atoms with van der Waals surface area (Å²) >= 11 is 0. The van der Waals surface area contributed by atoms with Gasteiger partial charge in [0.25, 0.3) is 5.91 Å². The normalized spacial score (nSPS) is 17.0. The molecule has 0 bridgehead atoms. The fourth-order valence-corrected chi connectivity index (χ4v) is 3.95. The second-order valence-electron chi connectivity index (χ2n) is 7.48. The predicted octanol–water partition coefficient (Wildman–Crippen LogP) is 3.69. The van der Waals surface area contributed by atoms with Crippen LogP contribution in [0.25, 0.3) is 0 Å². The molecule has 1 saturated carbocycles. The molecular formula is C23H22N2O3. The maximum atomic E-state index is 12.8. The van der Waals surface area contributed by atoms with E-state index in [1.54, 1.807) is 49.5 Å². The number of nitrogens with zero attached hydrogens (tertiary/aromatic N) is 1. The SMILES string of the molecule is CC1=C(Cc2ccc(C(=O)NC3CCCC3)cn2)C(=O)c2ccccc2C1=O. The van der Waals surface area contributed by atoms with Crippen molar-refractivity contribution in [3.8, 4) is 0 Å². The number of ketones is 2. The van der Waals surface area contributed by atoms with Crippen LogP contribution in [0.4, 0.5) is 0 Å². The molecule has 1 amide bonds. The third kappa shape index (κ3) is 3.40. The summed E-state index contributed by atoms with van der Waals surface area (Å²) in [6, 6.07) is 10.6. The van der Waals surface area contributed by atoms with Gasteiger partial charge in [-0.3, -0.25) is 19.4 Å². The van der Waals surface area contributed by atoms with E-state index in [1.807, 2.05) is 0 Å². The molecule has 0 atom stereocenters. The Labute approximate surface area is 163 Å². The number of nitrogens with one attached hydrogen (secondary N) is 1. The number of carbonyl (C=O) groups is 3. The summed E-state index contributed by atoms with van der Waals surface area (Å²) < 4.78 is 0. The average Bonchev–Trinajstić information content (AvgIpc) is 3.23. The first-order chi connectivity index (χ1) is 13.5. The van der Waals surface area contributed by atoms with E-state index < -0.39 is 0 Å². The Bertz CT molecular complexity index is 983. The van der Waals surface area contributed by atoms with Gasteiger partial charge >= 0.3 is 0 Å². The fourth-order valence-electron chi connectivity index (χ4n) is 3.95. The Morgan fingerprint density at radius 3 is 2.36 bits per heavy atom. The van der Waals surface area contributed by atoms with Gasteiger partial charge in [0.05, 0.1) is 5.56 Å². The van der Waals surface area contributed by atoms with Gasteiger partial charge in [0.15, 0.2) is 11.6 Å². The Kier molecular flexibility index (Phi) is 4.90. The van der Waals surface area contributed by atoms with E-state index in [0.717, 1.165) is 25.7 Å². The van der Waals surface area contributed by atoms with Crippen LogP contribution < -0.4 is 5.32 Å². The molecule has 0 unspecified atom stereocenters. The zero-order valence-corrected chi connectivity index (χ0v) is 15.8. The lowest BCUT2D eigenvalue weighted by atomic mass is 9.83. The predicted molar refractivity (Wildman–Crippen MR) is 105 cm³/mol. The van der Waals surface area contributed by atoms with Crippen molar-refractivity contribution >= 4 is 17.5 Å². The summed E-state index contributed by atoms with van der Waals surface area (Å²) in [4.78, 5) is 42.1. The van der Waals surface area contributed by atoms with Crippen molar-refractivity contribution in [2.45, 2.75) is 45.1 Å². The first kappa shape index (κ1) is 18.3. The third-order valence-electron chi connectivity index (χ3n) is 5.62. The van der Waals surface area contributed by atoms with Crippen molar-refractivity contribution in [1.29, 1.82) is 0 Å². The van der Waals surface area contributed by atoms with Gasteiger partial charge in [-0.1, -0.05) is 37.1 Å². The first-order valence-corrected chi connectivity index (χ1v) is 9.68. The maximum absolute atomic E-state index is 12.8. The van der Waals surface area contributed by atoms with Crippen LogP contribution in [0.2, 0.25) is 0 Å². The molecule has 4 rings (SSSR count). The molecule has 0 saturated heterocycles. The largest absolute Gasteiger partial charge is 0.349 e. The summed E-state index contributed by atoms with van der Waals surface area (Å²) in [6.07, 6.45) is 6.19. The van der Waals surface area contributed by atoms with Gasteiger partial charge in [-0.25, -0.2) is 0 Å². The van der Waals surface area contributed by atoms with Gasteiger partial charge in [-0.2, -0.15) is 0 Å². The molecule has 1 heterocycles. The highest BCUT2D eigenvalue weighted by Gasteiger charge is 2.29. The lowest BCUT2D eigenvalue weighted by Gasteiger charge is -2.18. The Balaban J connectivity index is 1.51. The molecule has 5 nitrogen and oxygen atoms in total. The second kappa shape index (κ2) is 7.50. The van der Waals surface area contributed by atoms with Crippen LogP contribution in [0.1, 0.15) is 69.4 Å². The molecule has 1 aromatic carbocycles. The van der Waals surface area contributed by atoms with Crippen LogP contribution in [-0.2, 0) is 6.42 Å². The molecular weight excluding hydrogens is 352 g/mol. The van der Waals surface area contributed by atoms with Crippen LogP contribution >= 0.6 is 0 Å². The molecule has 0 radical (unpaired) electrons. The van der Waals surface area contributed by atoms with Crippen molar-refractivity contribution in [3.05, 3.63) is 76.1 Å². The molecule has 2 aliphatic carbocycles. The number of pyridine rings is 1. The molecule has 0 spiro atoms. The highest BCUT2D eigenvalue weighted by atomic mass is 16.2. The average molecular weight is 374 g/mol. The van der Waals surface area contributed by atoms with Crippen LogP contribution in [-0.4, -0.2) is 28.5 Å². The van der Waals surface area contributed by atoms with Gasteiger partial charge in [0.1, 0.15) is 0 Å². The fraction of sp³-hybridized carbons (Fsp3) is 0.304. The third-order valence-corrected chi connectivity index (χ3v) is 5.62. The van der Waals surface area contributed by atoms with Crippen molar-refractivity contribution in [2.24, 2.45) is 0 Å². The minimum atomic E-state index is -0.127. The van der Waals surface area contributed by atoms with Gasteiger partial charge < -0.3 is 5.32 Å². The maximum Gasteiger partial charge on any atom is 0.253 e. The van der Waals surface area contributed by atoms with Crippen LogP contribution in [0, 0.1) is 0 Å². The van der Waals surface area contributed by atoms with Crippen molar-refractivity contribution < 1.29 is 14.4 Å². The number of aromatic nitrogens is 1. The molecule has 2 aliphatic rings. The van der Waals surface area contributed by atoms with Crippen molar-refractivity contribution in [1.82, 2.24) is 10.3 Å². The molecule has 1 N–H and O–H groups in total. The van der Waals surface area contributed by atoms with E-state index in [2.05, 4.69) is 10.3 Å². The monoisotopic (exact) mass is 374 g/mol. The quantitative estimate of drug-likeness (QED) is 0.885. The number of Topliss-reactive ketones (excluding diaryl/α,β-unsaturated/α-hetero) is 2. The van der Waals surface area contributed by atoms with Gasteiger partial charge in [-0.15, -0.1) is 0 Å². The summed E-state index contributed by atoms with van der Waals surface area (Å²) in [5, 5.41) is 3.04. The number of hydrogen-bond acceptors (Lipinski definition) is 4. The number of fused-ring (bicyclic) bond motifs is 1. The Morgan fingerprint density at radius 2 is 1.71 bits per heavy atom. The second-order valence-corrected chi connectivity index (χ2v) is 7.48. The Hall–Kier alpha value is -3.08. The molecule has 2 aromatic rings. The van der Waals surface area contributed by atoms with E-state index >= 15 is 0 Å². The van der Waals surface area contributed by atoms with Gasteiger partial charge in [-0.05, 0) is 31.9 Å². The summed E-state index contributed by atoms with van der Waals surface area (Å²) in [7, 11) is 0. The van der Waals surface area contributed by atoms with E-state index in [1.165, 1.54) is 0 Å². The van der Waals surface area contributed by atoms with Gasteiger partial charge in [0, 0.05) is 46.6 Å². The lowest BCUT2D eigenvalue weighted by Crippen LogP contribution is -2.32. The summed E-state index contributed by atoms with van der Waals surface area (Å²) in [5.74, 6) is -0.352. The standard InChI is InChI=1S/C23H22N2O3/c1-14-20(22(27)19-9-5-4-8-18(19)21(14)26)12-17-11-10-15(13-24-17)23(28)25-16-6-2-3-7-16/h4-5,8-11,13,16H,2-3,6-7,12H2,1H3,(H,25,28). The summed E-state index contributed by atoms with van der Waals surface area (Å²) in [5.41, 5.74) is 3.01. The van der Waals surface area contributed by atoms with Gasteiger partial charge in [0.2, 0.25) is 0 Å². The molecule has 0 aliphatic heterocycles. The lowest BCUT2D eigenvalue weighted by molar-refractivity contribution is 0.0936. The molecule has 28 heavy (non-hydrogen) atoms. The van der Waals surface area contributed by atoms with E-state index in [-0.39, 0.29) is 29.9 Å². The zero-order chi connectivity index (χ0) is 19.7. The number of hydrogen-bond donors (Lipinski definition) is 1. The number of rotatable bonds is 4. The van der Waals surface area contributed by atoms with Crippen LogP contribution in [0.3, 0.4) is 0 Å². The highest BCUT2D eigenvalue weighted by Crippen LogP contribution is 2.28. The molecule has 5 heteroatoms. The number of allylic oxidation sites excluding steroid dienone is 2. The smallest absolute Gasteiger partial charge is 0.253 e. The first-order valence-electron chi connectivity index (χ1n) is 9.68. The molecule has 1 fully saturated rings. The molecule has 1 aromatic heterocycles. The highest BCUT2D eigenvalue weighted by molar-refractivity contribution is 6.26. The van der Waals surface area contributed by atoms with E-state index in [9.17, 15) is 14.4 Å². The number of carbonyl (C=O) groups excluding carboxylic acids is 3. The van der Waals surface area contributed by atoms with E-state index in [0.29, 0.717) is 33.5 Å². The number of benzene rings is 1. The summed E-state index contributed by atoms with van der Waals surface area (Å²) in [6.45, 7) is 1.69. The van der Waals surface area contributed by atoms with Crippen LogP contribution in [0.15, 0.2) is 53.7 Å². The van der Waals surface area contributed by atoms with E-state index in [4.69, 9.17) is 0 Å². The topological polar surface area (TPSA) is 76.1 Å². The molecule has 142 valence electrons. The number of amides is 1. The zero-order valence-electron chi connectivity index (χ0n) is 15.8. The minimum absolute atomic E-state index is 0.112. The minimum Gasteiger partial charge on any atom is -0.349 e. The Morgan fingerprint density at radius 1 is 1.04 bits per heavy atom.